The first-order valence-corrected chi connectivity index (χ1v) is 16.7. The van der Waals surface area contributed by atoms with Gasteiger partial charge in [-0.2, -0.15) is 37.7 Å². The third kappa shape index (κ3) is 7.41. The predicted molar refractivity (Wildman–Crippen MR) is 151 cm³/mol. The largest absolute Gasteiger partial charge is 0.516 e. The first-order chi connectivity index (χ1) is 20.1. The van der Waals surface area contributed by atoms with Gasteiger partial charge in [0.2, 0.25) is 0 Å². The molecule has 2 aromatic heterocycles. The highest BCUT2D eigenvalue weighted by Gasteiger charge is 2.48. The number of amides is 2. The minimum Gasteiger partial charge on any atom is -0.332 e. The van der Waals surface area contributed by atoms with Crippen molar-refractivity contribution < 1.29 is 40.0 Å². The standard InChI is InChI=1S/C27H30F5N5O4S2/c1-36-21(9-7-5-3-2-4-6-8-18-13-26(28,29)14-18)22(20-12-19(15-33)16-34-23(20)36)24(38)37-10-11-42(17-37)25(39)35-43(40,41)27(30,31)32/h12,16,18,42H,2-5,7,9-11,13-14,17H2,1H3,(H,35,39). The molecule has 1 N–H and O–H groups in total. The van der Waals surface area contributed by atoms with Crippen LogP contribution in [0.5, 0.6) is 0 Å². The lowest BCUT2D eigenvalue weighted by Gasteiger charge is -2.31. The van der Waals surface area contributed by atoms with Gasteiger partial charge in [-0.05, 0) is 25.3 Å². The van der Waals surface area contributed by atoms with Gasteiger partial charge >= 0.3 is 15.5 Å². The number of sulfonamides is 1. The van der Waals surface area contributed by atoms with E-state index in [4.69, 9.17) is 0 Å². The van der Waals surface area contributed by atoms with E-state index >= 15 is 0 Å². The van der Waals surface area contributed by atoms with Crippen LogP contribution < -0.4 is 4.72 Å². The predicted octanol–water partition coefficient (Wildman–Crippen LogP) is 4.96. The number of aromatic nitrogens is 2. The topological polar surface area (TPSA) is 125 Å². The van der Waals surface area contributed by atoms with E-state index in [1.54, 1.807) is 11.6 Å². The summed E-state index contributed by atoms with van der Waals surface area (Å²) in [5.74, 6) is 2.38. The number of pyridine rings is 1. The number of unbranched alkanes of at least 4 members (excludes halogenated alkanes) is 4. The lowest BCUT2D eigenvalue weighted by atomic mass is 9.82. The molecule has 43 heavy (non-hydrogen) atoms. The van der Waals surface area contributed by atoms with Gasteiger partial charge in [0.1, 0.15) is 11.7 Å². The number of hydrogen-bond acceptors (Lipinski definition) is 6. The Kier molecular flexibility index (Phi) is 9.61. The van der Waals surface area contributed by atoms with E-state index < -0.39 is 43.5 Å². The van der Waals surface area contributed by atoms with Crippen molar-refractivity contribution in [2.75, 3.05) is 18.2 Å². The summed E-state index contributed by atoms with van der Waals surface area (Å²) < 4.78 is 89.5. The number of nitriles is 1. The molecule has 2 fully saturated rings. The van der Waals surface area contributed by atoms with E-state index in [2.05, 4.69) is 16.8 Å². The Morgan fingerprint density at radius 3 is 2.56 bits per heavy atom. The molecule has 16 heteroatoms. The number of thiol groups is 1. The minimum atomic E-state index is -5.86. The van der Waals surface area contributed by atoms with Gasteiger partial charge in [-0.15, -0.1) is 5.92 Å². The van der Waals surface area contributed by atoms with Crippen molar-refractivity contribution in [1.29, 1.82) is 5.26 Å². The van der Waals surface area contributed by atoms with Crippen LogP contribution in [-0.2, 0) is 23.5 Å². The van der Waals surface area contributed by atoms with Crippen LogP contribution in [0.3, 0.4) is 0 Å². The van der Waals surface area contributed by atoms with Crippen molar-refractivity contribution >= 4 is 43.1 Å². The molecule has 0 aromatic carbocycles. The quantitative estimate of drug-likeness (QED) is 0.181. The SMILES string of the molecule is Cn1c(CCCCCCC#CC2CC(F)(F)C2)c(C(=O)N2CC[SH](C(=O)NS(=O)(=O)C(F)(F)F)C2)c2cc(C#N)cnc21. The highest BCUT2D eigenvalue weighted by molar-refractivity contribution is 8.30. The first-order valence-electron chi connectivity index (χ1n) is 13.5. The van der Waals surface area contributed by atoms with Crippen molar-refractivity contribution in [2.24, 2.45) is 13.0 Å². The fourth-order valence-corrected chi connectivity index (χ4v) is 7.97. The second kappa shape index (κ2) is 12.7. The number of fused-ring (bicyclic) bond motifs is 1. The third-order valence-corrected chi connectivity index (χ3v) is 10.8. The average molecular weight is 648 g/mol. The highest BCUT2D eigenvalue weighted by Crippen LogP contribution is 2.42. The molecule has 3 heterocycles. The van der Waals surface area contributed by atoms with Crippen LogP contribution in [0.2, 0.25) is 0 Å². The molecule has 1 aliphatic carbocycles. The van der Waals surface area contributed by atoms with Gasteiger partial charge < -0.3 is 9.47 Å². The lowest BCUT2D eigenvalue weighted by molar-refractivity contribution is -0.0937. The molecule has 1 atom stereocenters. The zero-order valence-electron chi connectivity index (χ0n) is 23.2. The van der Waals surface area contributed by atoms with E-state index in [0.29, 0.717) is 36.0 Å². The number of alkyl halides is 5. The molecule has 4 rings (SSSR count). The summed E-state index contributed by atoms with van der Waals surface area (Å²) in [7, 11) is -6.03. The van der Waals surface area contributed by atoms with Crippen molar-refractivity contribution in [3.63, 3.8) is 0 Å². The zero-order chi connectivity index (χ0) is 31.6. The molecule has 9 nitrogen and oxygen atoms in total. The highest BCUT2D eigenvalue weighted by atomic mass is 32.2. The molecule has 234 valence electrons. The Balaban J connectivity index is 1.42. The van der Waals surface area contributed by atoms with Crippen LogP contribution in [0, 0.1) is 29.1 Å². The number of hydrogen-bond donors (Lipinski definition) is 2. The summed E-state index contributed by atoms with van der Waals surface area (Å²) in [4.78, 5) is 31.8. The van der Waals surface area contributed by atoms with E-state index in [1.165, 1.54) is 17.2 Å². The van der Waals surface area contributed by atoms with Gasteiger partial charge in [-0.1, -0.05) is 18.8 Å². The number of carbonyl (C=O) groups is 2. The number of halogens is 5. The van der Waals surface area contributed by atoms with Gasteiger partial charge in [0, 0.05) is 61.8 Å². The van der Waals surface area contributed by atoms with Crippen molar-refractivity contribution in [2.45, 2.75) is 62.8 Å². The van der Waals surface area contributed by atoms with Crippen LogP contribution in [0.25, 0.3) is 11.0 Å². The van der Waals surface area contributed by atoms with E-state index in [9.17, 15) is 45.2 Å². The maximum atomic E-state index is 13.8. The van der Waals surface area contributed by atoms with Crippen LogP contribution in [0.1, 0.15) is 66.6 Å². The molecule has 2 amide bonds. The van der Waals surface area contributed by atoms with E-state index in [1.807, 2.05) is 6.07 Å². The van der Waals surface area contributed by atoms with E-state index in [0.717, 1.165) is 24.0 Å². The minimum absolute atomic E-state index is 0.0359. The summed E-state index contributed by atoms with van der Waals surface area (Å²) >= 11 is 0. The maximum Gasteiger partial charge on any atom is 0.516 e. The molecule has 0 bridgehead atoms. The molecule has 2 aliphatic rings. The van der Waals surface area contributed by atoms with Gasteiger partial charge in [0.25, 0.3) is 17.1 Å². The second-order valence-corrected chi connectivity index (χ2v) is 14.5. The average Bonchev–Trinajstić information content (AvgIpc) is 3.51. The maximum absolute atomic E-state index is 13.8. The number of aryl methyl sites for hydroxylation is 1. The normalized spacial score (nSPS) is 19.4. The smallest absolute Gasteiger partial charge is 0.332 e. The number of nitrogens with zero attached hydrogens (tertiary/aromatic N) is 4. The summed E-state index contributed by atoms with van der Waals surface area (Å²) in [5, 5.41) is 8.54. The van der Waals surface area contributed by atoms with Crippen LogP contribution in [0.4, 0.5) is 26.7 Å². The van der Waals surface area contributed by atoms with Gasteiger partial charge in [0.15, 0.2) is 0 Å². The first kappa shape index (κ1) is 32.5. The Morgan fingerprint density at radius 2 is 1.91 bits per heavy atom. The summed E-state index contributed by atoms with van der Waals surface area (Å²) in [5.41, 5.74) is -4.02. The number of rotatable bonds is 8. The number of nitrogens with one attached hydrogen (secondary N) is 1. The summed E-state index contributed by atoms with van der Waals surface area (Å²) in [6.45, 7) is 0.0464. The van der Waals surface area contributed by atoms with Gasteiger partial charge in [0.05, 0.1) is 17.0 Å². The molecule has 2 aromatic rings. The second-order valence-electron chi connectivity index (χ2n) is 10.6. The fraction of sp³-hybridized carbons (Fsp3) is 0.556. The van der Waals surface area contributed by atoms with Gasteiger partial charge in [-0.3, -0.25) is 9.59 Å². The molecule has 1 aliphatic heterocycles. The summed E-state index contributed by atoms with van der Waals surface area (Å²) in [6.07, 6.45) is 5.25. The van der Waals surface area contributed by atoms with Crippen molar-refractivity contribution in [1.82, 2.24) is 19.2 Å². The zero-order valence-corrected chi connectivity index (χ0v) is 24.9. The van der Waals surface area contributed by atoms with Crippen molar-refractivity contribution in [3.8, 4) is 17.9 Å². The fourth-order valence-electron chi connectivity index (χ4n) is 5.11. The Bertz CT molecular complexity index is 1610. The molecule has 0 spiro atoms. The lowest BCUT2D eigenvalue weighted by Crippen LogP contribution is -2.39. The number of carbonyl (C=O) groups excluding carboxylic acids is 2. The van der Waals surface area contributed by atoms with Gasteiger partial charge in [-0.25, -0.2) is 18.5 Å². The molecular weight excluding hydrogens is 617 g/mol. The molecule has 1 saturated carbocycles. The third-order valence-electron chi connectivity index (χ3n) is 7.43. The van der Waals surface area contributed by atoms with E-state index in [-0.39, 0.29) is 48.1 Å². The molecular formula is C27H30F5N5O4S2. The molecule has 0 radical (unpaired) electrons. The summed E-state index contributed by atoms with van der Waals surface area (Å²) in [6, 6.07) is 3.53. The van der Waals surface area contributed by atoms with Crippen LogP contribution in [-0.4, -0.2) is 63.6 Å². The van der Waals surface area contributed by atoms with Crippen LogP contribution >= 0.6 is 10.9 Å². The Morgan fingerprint density at radius 1 is 1.21 bits per heavy atom. The molecule has 1 saturated heterocycles. The van der Waals surface area contributed by atoms with Crippen LogP contribution in [0.15, 0.2) is 12.3 Å². The van der Waals surface area contributed by atoms with Crippen molar-refractivity contribution in [3.05, 3.63) is 29.1 Å². The Labute approximate surface area is 248 Å². The molecule has 1 unspecified atom stereocenters. The monoisotopic (exact) mass is 647 g/mol. The Hall–Kier alpha value is -3.37.